The average molecular weight is 250 g/mol. The third-order valence-corrected chi connectivity index (χ3v) is 3.59. The fourth-order valence-corrected chi connectivity index (χ4v) is 2.86. The summed E-state index contributed by atoms with van der Waals surface area (Å²) in [4.78, 5) is 2.41. The second kappa shape index (κ2) is 6.30. The first kappa shape index (κ1) is 13.5. The summed E-state index contributed by atoms with van der Waals surface area (Å²) in [6.07, 6.45) is 2.22. The third-order valence-electron chi connectivity index (χ3n) is 3.59. The SMILES string of the molecule is CCCN(CCC)[C@@H]1CNCc2cccc(F)c21. The molecule has 1 aromatic carbocycles. The van der Waals surface area contributed by atoms with Crippen LogP contribution in [0.5, 0.6) is 0 Å². The minimum Gasteiger partial charge on any atom is -0.311 e. The number of rotatable bonds is 5. The maximum Gasteiger partial charge on any atom is 0.128 e. The van der Waals surface area contributed by atoms with E-state index < -0.39 is 0 Å². The predicted molar refractivity (Wildman–Crippen MR) is 73.0 cm³/mol. The Kier molecular flexibility index (Phi) is 4.72. The van der Waals surface area contributed by atoms with Crippen molar-refractivity contribution >= 4 is 0 Å². The molecular formula is C15H23FN2. The number of fused-ring (bicyclic) bond motifs is 1. The summed E-state index contributed by atoms with van der Waals surface area (Å²) in [5.41, 5.74) is 2.03. The van der Waals surface area contributed by atoms with Gasteiger partial charge in [0.1, 0.15) is 5.82 Å². The summed E-state index contributed by atoms with van der Waals surface area (Å²) < 4.78 is 14.1. The highest BCUT2D eigenvalue weighted by Crippen LogP contribution is 2.29. The van der Waals surface area contributed by atoms with Gasteiger partial charge >= 0.3 is 0 Å². The molecule has 0 bridgehead atoms. The summed E-state index contributed by atoms with van der Waals surface area (Å²) in [5.74, 6) is -0.0452. The van der Waals surface area contributed by atoms with Gasteiger partial charge in [0.15, 0.2) is 0 Å². The summed E-state index contributed by atoms with van der Waals surface area (Å²) in [6.45, 7) is 8.08. The highest BCUT2D eigenvalue weighted by molar-refractivity contribution is 5.33. The third kappa shape index (κ3) is 2.73. The van der Waals surface area contributed by atoms with Gasteiger partial charge in [-0.2, -0.15) is 0 Å². The minimum absolute atomic E-state index is 0.0452. The van der Waals surface area contributed by atoms with E-state index in [0.29, 0.717) is 0 Å². The van der Waals surface area contributed by atoms with Crippen molar-refractivity contribution in [1.29, 1.82) is 0 Å². The Morgan fingerprint density at radius 1 is 1.28 bits per heavy atom. The molecule has 1 aliphatic heterocycles. The number of benzene rings is 1. The molecule has 0 radical (unpaired) electrons. The van der Waals surface area contributed by atoms with Crippen LogP contribution in [0.3, 0.4) is 0 Å². The summed E-state index contributed by atoms with van der Waals surface area (Å²) in [6, 6.07) is 5.62. The van der Waals surface area contributed by atoms with Crippen molar-refractivity contribution in [2.75, 3.05) is 19.6 Å². The van der Waals surface area contributed by atoms with E-state index in [1.54, 1.807) is 6.07 Å². The van der Waals surface area contributed by atoms with Gasteiger partial charge in [-0.25, -0.2) is 4.39 Å². The Morgan fingerprint density at radius 2 is 2.00 bits per heavy atom. The molecule has 0 aliphatic carbocycles. The monoisotopic (exact) mass is 250 g/mol. The fourth-order valence-electron chi connectivity index (χ4n) is 2.86. The maximum atomic E-state index is 14.1. The first-order chi connectivity index (χ1) is 8.77. The van der Waals surface area contributed by atoms with E-state index in [0.717, 1.165) is 50.1 Å². The average Bonchev–Trinajstić information content (AvgIpc) is 2.38. The molecule has 1 aliphatic rings. The van der Waals surface area contributed by atoms with Crippen LogP contribution in [0, 0.1) is 5.82 Å². The van der Waals surface area contributed by atoms with E-state index in [-0.39, 0.29) is 11.9 Å². The van der Waals surface area contributed by atoms with Gasteiger partial charge in [0.2, 0.25) is 0 Å². The Morgan fingerprint density at radius 3 is 2.67 bits per heavy atom. The molecule has 100 valence electrons. The first-order valence-corrected chi connectivity index (χ1v) is 7.00. The van der Waals surface area contributed by atoms with Crippen LogP contribution in [0.15, 0.2) is 18.2 Å². The standard InChI is InChI=1S/C15H23FN2/c1-3-8-18(9-4-2)14-11-17-10-12-6-5-7-13(16)15(12)14/h5-7,14,17H,3-4,8-11H2,1-2H3/t14-/m1/s1. The zero-order chi connectivity index (χ0) is 13.0. The normalized spacial score (nSPS) is 19.0. The van der Waals surface area contributed by atoms with Gasteiger partial charge in [0.25, 0.3) is 0 Å². The van der Waals surface area contributed by atoms with Gasteiger partial charge in [-0.15, -0.1) is 0 Å². The molecule has 0 fully saturated rings. The van der Waals surface area contributed by atoms with Crippen LogP contribution in [0.2, 0.25) is 0 Å². The minimum atomic E-state index is -0.0452. The lowest BCUT2D eigenvalue weighted by molar-refractivity contribution is 0.181. The fraction of sp³-hybridized carbons (Fsp3) is 0.600. The molecule has 0 aromatic heterocycles. The van der Waals surface area contributed by atoms with E-state index in [4.69, 9.17) is 0 Å². The highest BCUT2D eigenvalue weighted by atomic mass is 19.1. The van der Waals surface area contributed by atoms with Crippen LogP contribution in [-0.4, -0.2) is 24.5 Å². The van der Waals surface area contributed by atoms with Gasteiger partial charge in [-0.3, -0.25) is 4.90 Å². The van der Waals surface area contributed by atoms with Crippen molar-refractivity contribution in [3.05, 3.63) is 35.1 Å². The van der Waals surface area contributed by atoms with Crippen molar-refractivity contribution < 1.29 is 4.39 Å². The predicted octanol–water partition coefficient (Wildman–Crippen LogP) is 3.09. The van der Waals surface area contributed by atoms with Crippen LogP contribution < -0.4 is 5.32 Å². The summed E-state index contributed by atoms with van der Waals surface area (Å²) in [5, 5.41) is 3.41. The number of nitrogens with zero attached hydrogens (tertiary/aromatic N) is 1. The van der Waals surface area contributed by atoms with Crippen LogP contribution in [0.1, 0.15) is 43.9 Å². The molecule has 2 nitrogen and oxygen atoms in total. The molecule has 0 unspecified atom stereocenters. The highest BCUT2D eigenvalue weighted by Gasteiger charge is 2.27. The molecule has 1 N–H and O–H groups in total. The lowest BCUT2D eigenvalue weighted by atomic mass is 9.94. The van der Waals surface area contributed by atoms with Crippen LogP contribution in [-0.2, 0) is 6.54 Å². The zero-order valence-electron chi connectivity index (χ0n) is 11.4. The van der Waals surface area contributed by atoms with Crippen molar-refractivity contribution in [2.45, 2.75) is 39.3 Å². The molecule has 1 heterocycles. The van der Waals surface area contributed by atoms with E-state index in [1.165, 1.54) is 0 Å². The summed E-state index contributed by atoms with van der Waals surface area (Å²) in [7, 11) is 0. The first-order valence-electron chi connectivity index (χ1n) is 7.00. The van der Waals surface area contributed by atoms with Gasteiger partial charge in [0, 0.05) is 18.7 Å². The lowest BCUT2D eigenvalue weighted by Crippen LogP contribution is -2.41. The van der Waals surface area contributed by atoms with Crippen molar-refractivity contribution in [3.8, 4) is 0 Å². The van der Waals surface area contributed by atoms with Crippen molar-refractivity contribution in [2.24, 2.45) is 0 Å². The molecular weight excluding hydrogens is 227 g/mol. The van der Waals surface area contributed by atoms with Crippen LogP contribution in [0.25, 0.3) is 0 Å². The molecule has 1 atom stereocenters. The number of nitrogens with one attached hydrogen (secondary N) is 1. The lowest BCUT2D eigenvalue weighted by Gasteiger charge is -2.36. The van der Waals surface area contributed by atoms with Crippen LogP contribution >= 0.6 is 0 Å². The number of hydrogen-bond donors (Lipinski definition) is 1. The molecule has 3 heteroatoms. The molecule has 18 heavy (non-hydrogen) atoms. The van der Waals surface area contributed by atoms with E-state index in [1.807, 2.05) is 12.1 Å². The van der Waals surface area contributed by atoms with Gasteiger partial charge in [-0.05, 0) is 37.6 Å². The van der Waals surface area contributed by atoms with Crippen LogP contribution in [0.4, 0.5) is 4.39 Å². The van der Waals surface area contributed by atoms with Gasteiger partial charge in [-0.1, -0.05) is 26.0 Å². The van der Waals surface area contributed by atoms with Gasteiger partial charge in [0.05, 0.1) is 6.04 Å². The second-order valence-corrected chi connectivity index (χ2v) is 5.00. The molecule has 0 saturated carbocycles. The second-order valence-electron chi connectivity index (χ2n) is 5.00. The van der Waals surface area contributed by atoms with Crippen molar-refractivity contribution in [3.63, 3.8) is 0 Å². The Hall–Kier alpha value is -0.930. The van der Waals surface area contributed by atoms with E-state index in [2.05, 4.69) is 24.1 Å². The Labute approximate surface area is 109 Å². The van der Waals surface area contributed by atoms with E-state index in [9.17, 15) is 4.39 Å². The molecule has 1 aromatic rings. The maximum absolute atomic E-state index is 14.1. The molecule has 0 saturated heterocycles. The topological polar surface area (TPSA) is 15.3 Å². The Bertz CT molecular complexity index is 386. The van der Waals surface area contributed by atoms with Gasteiger partial charge < -0.3 is 5.32 Å². The number of hydrogen-bond acceptors (Lipinski definition) is 2. The van der Waals surface area contributed by atoms with Crippen molar-refractivity contribution in [1.82, 2.24) is 10.2 Å². The quantitative estimate of drug-likeness (QED) is 0.864. The largest absolute Gasteiger partial charge is 0.311 e. The molecule has 2 rings (SSSR count). The molecule has 0 spiro atoms. The summed E-state index contributed by atoms with van der Waals surface area (Å²) >= 11 is 0. The Balaban J connectivity index is 2.29. The molecule has 0 amide bonds. The number of halogens is 1. The zero-order valence-corrected chi connectivity index (χ0v) is 11.4. The van der Waals surface area contributed by atoms with E-state index >= 15 is 0 Å². The smallest absolute Gasteiger partial charge is 0.128 e.